The van der Waals surface area contributed by atoms with E-state index in [1.54, 1.807) is 0 Å². The van der Waals surface area contributed by atoms with Gasteiger partial charge in [0.2, 0.25) is 5.91 Å². The van der Waals surface area contributed by atoms with Crippen molar-refractivity contribution in [3.63, 3.8) is 0 Å². The first kappa shape index (κ1) is 20.3. The highest BCUT2D eigenvalue weighted by Crippen LogP contribution is 2.26. The zero-order chi connectivity index (χ0) is 19.6. The molecule has 1 unspecified atom stereocenters. The maximum Gasteiger partial charge on any atom is 0.281 e. The van der Waals surface area contributed by atoms with E-state index in [-0.39, 0.29) is 17.9 Å². The van der Waals surface area contributed by atoms with Crippen LogP contribution >= 0.6 is 0 Å². The number of benzene rings is 1. The average molecular weight is 394 g/mol. The highest BCUT2D eigenvalue weighted by molar-refractivity contribution is 7.86. The molecule has 0 radical (unpaired) electrons. The van der Waals surface area contributed by atoms with Crippen LogP contribution in [0, 0.1) is 5.92 Å². The summed E-state index contributed by atoms with van der Waals surface area (Å²) in [6.07, 6.45) is 5.92. The number of piperidine rings is 1. The SMILES string of the molecule is CC(NC(=O)C1CCN(S(=O)(=O)N(C)C)CC1)c1ccc2c(c1)CCCC2. The molecule has 1 fully saturated rings. The molecule has 0 aromatic heterocycles. The Morgan fingerprint density at radius 1 is 1.15 bits per heavy atom. The first-order valence-electron chi connectivity index (χ1n) is 9.88. The molecule has 0 spiro atoms. The van der Waals surface area contributed by atoms with E-state index in [2.05, 4.69) is 23.5 Å². The smallest absolute Gasteiger partial charge is 0.281 e. The van der Waals surface area contributed by atoms with Crippen LogP contribution in [-0.4, -0.2) is 50.1 Å². The molecule has 1 aliphatic carbocycles. The molecular weight excluding hydrogens is 362 g/mol. The molecule has 3 rings (SSSR count). The topological polar surface area (TPSA) is 69.7 Å². The van der Waals surface area contributed by atoms with Crippen LogP contribution in [0.1, 0.15) is 55.3 Å². The van der Waals surface area contributed by atoms with Crippen molar-refractivity contribution in [2.45, 2.75) is 51.5 Å². The van der Waals surface area contributed by atoms with Gasteiger partial charge in [-0.3, -0.25) is 4.79 Å². The fourth-order valence-corrected chi connectivity index (χ4v) is 5.15. The number of carbonyl (C=O) groups excluding carboxylic acids is 1. The molecule has 27 heavy (non-hydrogen) atoms. The number of hydrogen-bond donors (Lipinski definition) is 1. The van der Waals surface area contributed by atoms with Crippen LogP contribution in [0.3, 0.4) is 0 Å². The van der Waals surface area contributed by atoms with Gasteiger partial charge in [-0.1, -0.05) is 18.2 Å². The second kappa shape index (κ2) is 8.29. The summed E-state index contributed by atoms with van der Waals surface area (Å²) in [6.45, 7) is 2.81. The highest BCUT2D eigenvalue weighted by atomic mass is 32.2. The number of aryl methyl sites for hydroxylation is 2. The summed E-state index contributed by atoms with van der Waals surface area (Å²) in [5, 5.41) is 3.13. The summed E-state index contributed by atoms with van der Waals surface area (Å²) < 4.78 is 27.1. The highest BCUT2D eigenvalue weighted by Gasteiger charge is 2.32. The number of hydrogen-bond acceptors (Lipinski definition) is 3. The van der Waals surface area contributed by atoms with Crippen molar-refractivity contribution in [1.29, 1.82) is 0 Å². The summed E-state index contributed by atoms with van der Waals surface area (Å²) in [7, 11) is -0.317. The third kappa shape index (κ3) is 4.52. The molecule has 0 saturated carbocycles. The van der Waals surface area contributed by atoms with E-state index in [0.717, 1.165) is 18.4 Å². The number of nitrogens with zero attached hydrogens (tertiary/aromatic N) is 2. The maximum atomic E-state index is 12.7. The first-order valence-corrected chi connectivity index (χ1v) is 11.3. The quantitative estimate of drug-likeness (QED) is 0.834. The monoisotopic (exact) mass is 393 g/mol. The van der Waals surface area contributed by atoms with E-state index in [0.29, 0.717) is 25.9 Å². The fraction of sp³-hybridized carbons (Fsp3) is 0.650. The zero-order valence-corrected chi connectivity index (χ0v) is 17.4. The summed E-state index contributed by atoms with van der Waals surface area (Å²) >= 11 is 0. The van der Waals surface area contributed by atoms with Crippen molar-refractivity contribution in [2.75, 3.05) is 27.2 Å². The van der Waals surface area contributed by atoms with Crippen LogP contribution in [0.4, 0.5) is 0 Å². The number of fused-ring (bicyclic) bond motifs is 1. The van der Waals surface area contributed by atoms with E-state index < -0.39 is 10.2 Å². The second-order valence-corrected chi connectivity index (χ2v) is 10.1. The lowest BCUT2D eigenvalue weighted by atomic mass is 9.89. The molecule has 1 aromatic rings. The van der Waals surface area contributed by atoms with Crippen molar-refractivity contribution in [2.24, 2.45) is 5.92 Å². The van der Waals surface area contributed by atoms with Gasteiger partial charge < -0.3 is 5.32 Å². The Bertz CT molecular complexity index is 784. The van der Waals surface area contributed by atoms with Crippen molar-refractivity contribution >= 4 is 16.1 Å². The minimum Gasteiger partial charge on any atom is -0.349 e. The number of rotatable bonds is 5. The molecule has 150 valence electrons. The van der Waals surface area contributed by atoms with E-state index in [4.69, 9.17) is 0 Å². The zero-order valence-electron chi connectivity index (χ0n) is 16.6. The lowest BCUT2D eigenvalue weighted by Crippen LogP contribution is -2.47. The van der Waals surface area contributed by atoms with E-state index in [1.165, 1.54) is 46.7 Å². The summed E-state index contributed by atoms with van der Waals surface area (Å²) in [5.74, 6) is -0.0965. The van der Waals surface area contributed by atoms with Gasteiger partial charge in [0.05, 0.1) is 6.04 Å². The molecule has 1 heterocycles. The molecule has 1 N–H and O–H groups in total. The van der Waals surface area contributed by atoms with E-state index in [1.807, 2.05) is 6.92 Å². The van der Waals surface area contributed by atoms with Gasteiger partial charge in [-0.15, -0.1) is 0 Å². The number of carbonyl (C=O) groups is 1. The molecule has 1 aliphatic heterocycles. The summed E-state index contributed by atoms with van der Waals surface area (Å²) in [5.41, 5.74) is 4.01. The van der Waals surface area contributed by atoms with Gasteiger partial charge in [-0.05, 0) is 62.1 Å². The Balaban J connectivity index is 1.57. The Morgan fingerprint density at radius 2 is 1.78 bits per heavy atom. The Morgan fingerprint density at radius 3 is 2.41 bits per heavy atom. The minimum atomic E-state index is -3.39. The van der Waals surface area contributed by atoms with Gasteiger partial charge in [0.25, 0.3) is 10.2 Å². The normalized spacial score (nSPS) is 20.3. The van der Waals surface area contributed by atoms with Crippen molar-refractivity contribution in [3.05, 3.63) is 34.9 Å². The molecule has 1 saturated heterocycles. The van der Waals surface area contributed by atoms with Crippen molar-refractivity contribution in [3.8, 4) is 0 Å². The second-order valence-electron chi connectivity index (χ2n) is 7.93. The van der Waals surface area contributed by atoms with Gasteiger partial charge in [-0.2, -0.15) is 17.0 Å². The van der Waals surface area contributed by atoms with Crippen molar-refractivity contribution < 1.29 is 13.2 Å². The molecule has 7 heteroatoms. The Labute approximate surface area is 163 Å². The van der Waals surface area contributed by atoms with Gasteiger partial charge >= 0.3 is 0 Å². The minimum absolute atomic E-state index is 0.0297. The van der Waals surface area contributed by atoms with Crippen LogP contribution in [0.2, 0.25) is 0 Å². The number of amides is 1. The van der Waals surface area contributed by atoms with E-state index in [9.17, 15) is 13.2 Å². The molecule has 0 bridgehead atoms. The largest absolute Gasteiger partial charge is 0.349 e. The molecule has 2 aliphatic rings. The summed E-state index contributed by atoms with van der Waals surface area (Å²) in [6, 6.07) is 6.54. The average Bonchev–Trinajstić information content (AvgIpc) is 2.67. The predicted molar refractivity (Wildman–Crippen MR) is 107 cm³/mol. The fourth-order valence-electron chi connectivity index (χ4n) is 4.02. The van der Waals surface area contributed by atoms with E-state index >= 15 is 0 Å². The molecule has 1 amide bonds. The molecule has 6 nitrogen and oxygen atoms in total. The van der Waals surface area contributed by atoms with Gasteiger partial charge in [0.1, 0.15) is 0 Å². The lowest BCUT2D eigenvalue weighted by molar-refractivity contribution is -0.126. The Kier molecular flexibility index (Phi) is 6.23. The molecule has 1 atom stereocenters. The lowest BCUT2D eigenvalue weighted by Gasteiger charge is -2.32. The predicted octanol–water partition coefficient (Wildman–Crippen LogP) is 2.26. The van der Waals surface area contributed by atoms with Gasteiger partial charge in [0, 0.05) is 33.1 Å². The maximum absolute atomic E-state index is 12.7. The van der Waals surface area contributed by atoms with Crippen LogP contribution in [0.5, 0.6) is 0 Å². The van der Waals surface area contributed by atoms with Crippen LogP contribution < -0.4 is 5.32 Å². The third-order valence-corrected chi connectivity index (χ3v) is 7.78. The standard InChI is InChI=1S/C20H31N3O3S/c1-15(18-9-8-16-6-4-5-7-19(16)14-18)21-20(24)17-10-12-23(13-11-17)27(25,26)22(2)3/h8-9,14-15,17H,4-7,10-13H2,1-3H3,(H,21,24). The molecular formula is C20H31N3O3S. The third-order valence-electron chi connectivity index (χ3n) is 5.84. The van der Waals surface area contributed by atoms with Crippen LogP contribution in [0.25, 0.3) is 0 Å². The summed E-state index contributed by atoms with van der Waals surface area (Å²) in [4.78, 5) is 12.7. The molecule has 1 aromatic carbocycles. The van der Waals surface area contributed by atoms with Crippen molar-refractivity contribution in [1.82, 2.24) is 13.9 Å². The van der Waals surface area contributed by atoms with Gasteiger partial charge in [0.15, 0.2) is 0 Å². The van der Waals surface area contributed by atoms with Crippen LogP contribution in [-0.2, 0) is 27.8 Å². The Hall–Kier alpha value is -1.44. The van der Waals surface area contributed by atoms with Crippen LogP contribution in [0.15, 0.2) is 18.2 Å². The number of nitrogens with one attached hydrogen (secondary N) is 1. The first-order chi connectivity index (χ1) is 12.8. The van der Waals surface area contributed by atoms with Gasteiger partial charge in [-0.25, -0.2) is 0 Å².